The van der Waals surface area contributed by atoms with E-state index in [0.29, 0.717) is 11.5 Å². The molecule has 2 heteroatoms. The summed E-state index contributed by atoms with van der Waals surface area (Å²) in [5.41, 5.74) is 10.0. The largest absolute Gasteiger partial charge is 0.323 e. The number of rotatable bonds is 1. The Kier molecular flexibility index (Phi) is 3.87. The van der Waals surface area contributed by atoms with Crippen LogP contribution in [-0.2, 0) is 6.42 Å². The second-order valence-electron chi connectivity index (χ2n) is 7.38. The third kappa shape index (κ3) is 2.77. The molecule has 0 radical (unpaired) electrons. The minimum Gasteiger partial charge on any atom is -0.323 e. The SMILES string of the molecule is CC1(C)CCN(C2CCCc3ccccc3C2N)CC1. The summed E-state index contributed by atoms with van der Waals surface area (Å²) in [7, 11) is 0. The van der Waals surface area contributed by atoms with Gasteiger partial charge in [0.2, 0.25) is 0 Å². The first-order valence-electron chi connectivity index (χ1n) is 8.14. The highest BCUT2D eigenvalue weighted by Gasteiger charge is 2.33. The molecule has 0 aromatic heterocycles. The summed E-state index contributed by atoms with van der Waals surface area (Å²) >= 11 is 0. The van der Waals surface area contributed by atoms with Crippen LogP contribution < -0.4 is 5.73 Å². The normalized spacial score (nSPS) is 30.6. The number of piperidine rings is 1. The smallest absolute Gasteiger partial charge is 0.0455 e. The van der Waals surface area contributed by atoms with E-state index in [2.05, 4.69) is 43.0 Å². The number of aryl methyl sites for hydroxylation is 1. The van der Waals surface area contributed by atoms with Crippen LogP contribution in [0.3, 0.4) is 0 Å². The number of benzene rings is 1. The van der Waals surface area contributed by atoms with Crippen LogP contribution in [-0.4, -0.2) is 24.0 Å². The van der Waals surface area contributed by atoms with E-state index in [-0.39, 0.29) is 6.04 Å². The van der Waals surface area contributed by atoms with Crippen LogP contribution in [0.25, 0.3) is 0 Å². The average Bonchev–Trinajstić information content (AvgIpc) is 2.59. The number of nitrogens with two attached hydrogens (primary N) is 1. The standard InChI is InChI=1S/C18H28N2/c1-18(2)10-12-20(13-11-18)16-9-5-7-14-6-3-4-8-15(14)17(16)19/h3-4,6,8,16-17H,5,7,9-13,19H2,1-2H3. The van der Waals surface area contributed by atoms with Crippen molar-refractivity contribution < 1.29 is 0 Å². The molecule has 0 bridgehead atoms. The number of hydrogen-bond acceptors (Lipinski definition) is 2. The van der Waals surface area contributed by atoms with Gasteiger partial charge < -0.3 is 5.73 Å². The zero-order chi connectivity index (χ0) is 14.2. The van der Waals surface area contributed by atoms with E-state index < -0.39 is 0 Å². The molecule has 1 fully saturated rings. The quantitative estimate of drug-likeness (QED) is 0.793. The van der Waals surface area contributed by atoms with Gasteiger partial charge in [-0.3, -0.25) is 4.90 Å². The van der Waals surface area contributed by atoms with Gasteiger partial charge in [0.25, 0.3) is 0 Å². The summed E-state index contributed by atoms with van der Waals surface area (Å²) in [6.45, 7) is 7.22. The van der Waals surface area contributed by atoms with Crippen LogP contribution in [0.15, 0.2) is 24.3 Å². The zero-order valence-electron chi connectivity index (χ0n) is 12.9. The van der Waals surface area contributed by atoms with Gasteiger partial charge in [-0.1, -0.05) is 38.1 Å². The van der Waals surface area contributed by atoms with E-state index in [1.807, 2.05) is 0 Å². The Morgan fingerprint density at radius 2 is 1.85 bits per heavy atom. The summed E-state index contributed by atoms with van der Waals surface area (Å²) in [4.78, 5) is 2.66. The highest BCUT2D eigenvalue weighted by atomic mass is 15.2. The summed E-state index contributed by atoms with van der Waals surface area (Å²) in [5.74, 6) is 0. The molecule has 3 rings (SSSR count). The fourth-order valence-corrected chi connectivity index (χ4v) is 3.85. The van der Waals surface area contributed by atoms with Crippen LogP contribution in [0.2, 0.25) is 0 Å². The molecule has 0 amide bonds. The maximum Gasteiger partial charge on any atom is 0.0455 e. The Hall–Kier alpha value is -0.860. The van der Waals surface area contributed by atoms with Crippen molar-refractivity contribution in [1.82, 2.24) is 4.90 Å². The maximum atomic E-state index is 6.65. The van der Waals surface area contributed by atoms with Crippen molar-refractivity contribution in [2.75, 3.05) is 13.1 Å². The van der Waals surface area contributed by atoms with Gasteiger partial charge in [-0.25, -0.2) is 0 Å². The Balaban J connectivity index is 1.78. The Morgan fingerprint density at radius 3 is 2.60 bits per heavy atom. The molecule has 1 saturated heterocycles. The van der Waals surface area contributed by atoms with Crippen molar-refractivity contribution in [3.8, 4) is 0 Å². The lowest BCUT2D eigenvalue weighted by molar-refractivity contribution is 0.0781. The Labute approximate surface area is 123 Å². The topological polar surface area (TPSA) is 29.3 Å². The van der Waals surface area contributed by atoms with E-state index in [9.17, 15) is 0 Å². The van der Waals surface area contributed by atoms with Crippen LogP contribution in [0, 0.1) is 5.41 Å². The van der Waals surface area contributed by atoms with Gasteiger partial charge >= 0.3 is 0 Å². The van der Waals surface area contributed by atoms with E-state index >= 15 is 0 Å². The molecule has 1 aliphatic heterocycles. The second kappa shape index (κ2) is 5.50. The predicted octanol–water partition coefficient (Wildman–Crippen LogP) is 3.51. The molecule has 1 heterocycles. The molecule has 1 aliphatic carbocycles. The van der Waals surface area contributed by atoms with E-state index in [1.54, 1.807) is 0 Å². The molecular weight excluding hydrogens is 244 g/mol. The average molecular weight is 272 g/mol. The zero-order valence-corrected chi connectivity index (χ0v) is 12.9. The van der Waals surface area contributed by atoms with Crippen molar-refractivity contribution in [3.05, 3.63) is 35.4 Å². The number of hydrogen-bond donors (Lipinski definition) is 1. The van der Waals surface area contributed by atoms with Crippen LogP contribution in [0.1, 0.15) is 56.7 Å². The number of likely N-dealkylation sites (tertiary alicyclic amines) is 1. The minimum atomic E-state index is 0.190. The predicted molar refractivity (Wildman–Crippen MR) is 84.7 cm³/mol. The maximum absolute atomic E-state index is 6.65. The first-order chi connectivity index (χ1) is 9.57. The lowest BCUT2D eigenvalue weighted by Gasteiger charge is -2.42. The molecule has 1 aromatic carbocycles. The fraction of sp³-hybridized carbons (Fsp3) is 0.667. The third-order valence-electron chi connectivity index (χ3n) is 5.40. The van der Waals surface area contributed by atoms with Gasteiger partial charge in [-0.2, -0.15) is 0 Å². The van der Waals surface area contributed by atoms with Gasteiger partial charge in [0, 0.05) is 12.1 Å². The van der Waals surface area contributed by atoms with Gasteiger partial charge in [0.05, 0.1) is 0 Å². The first kappa shape index (κ1) is 14.1. The molecule has 2 atom stereocenters. The highest BCUT2D eigenvalue weighted by Crippen LogP contribution is 2.35. The van der Waals surface area contributed by atoms with Crippen molar-refractivity contribution in [3.63, 3.8) is 0 Å². The number of fused-ring (bicyclic) bond motifs is 1. The first-order valence-corrected chi connectivity index (χ1v) is 8.14. The van der Waals surface area contributed by atoms with Gasteiger partial charge in [-0.05, 0) is 61.7 Å². The molecule has 2 nitrogen and oxygen atoms in total. The molecular formula is C18H28N2. The minimum absolute atomic E-state index is 0.190. The second-order valence-corrected chi connectivity index (χ2v) is 7.38. The number of nitrogens with zero attached hydrogens (tertiary/aromatic N) is 1. The molecule has 1 aromatic rings. The van der Waals surface area contributed by atoms with Crippen molar-refractivity contribution in [1.29, 1.82) is 0 Å². The molecule has 110 valence electrons. The molecule has 20 heavy (non-hydrogen) atoms. The van der Waals surface area contributed by atoms with Crippen LogP contribution >= 0.6 is 0 Å². The summed E-state index contributed by atoms with van der Waals surface area (Å²) in [6.07, 6.45) is 6.32. The van der Waals surface area contributed by atoms with Gasteiger partial charge in [-0.15, -0.1) is 0 Å². The summed E-state index contributed by atoms with van der Waals surface area (Å²) in [5, 5.41) is 0. The monoisotopic (exact) mass is 272 g/mol. The third-order valence-corrected chi connectivity index (χ3v) is 5.40. The van der Waals surface area contributed by atoms with E-state index in [0.717, 1.165) is 0 Å². The van der Waals surface area contributed by atoms with Gasteiger partial charge in [0.1, 0.15) is 0 Å². The Morgan fingerprint density at radius 1 is 1.15 bits per heavy atom. The van der Waals surface area contributed by atoms with Crippen molar-refractivity contribution in [2.45, 2.75) is 58.0 Å². The summed E-state index contributed by atoms with van der Waals surface area (Å²) in [6, 6.07) is 9.52. The molecule has 0 spiro atoms. The van der Waals surface area contributed by atoms with Crippen LogP contribution in [0.4, 0.5) is 0 Å². The van der Waals surface area contributed by atoms with Crippen molar-refractivity contribution >= 4 is 0 Å². The molecule has 2 unspecified atom stereocenters. The van der Waals surface area contributed by atoms with E-state index in [4.69, 9.17) is 5.73 Å². The fourth-order valence-electron chi connectivity index (χ4n) is 3.85. The molecule has 2 N–H and O–H groups in total. The van der Waals surface area contributed by atoms with Gasteiger partial charge in [0.15, 0.2) is 0 Å². The van der Waals surface area contributed by atoms with Crippen LogP contribution in [0.5, 0.6) is 0 Å². The molecule has 0 saturated carbocycles. The summed E-state index contributed by atoms with van der Waals surface area (Å²) < 4.78 is 0. The Bertz CT molecular complexity index is 456. The highest BCUT2D eigenvalue weighted by molar-refractivity contribution is 5.32. The lowest BCUT2D eigenvalue weighted by Crippen LogP contribution is -2.47. The molecule has 2 aliphatic rings. The van der Waals surface area contributed by atoms with E-state index in [1.165, 1.54) is 56.3 Å². The van der Waals surface area contributed by atoms with Crippen molar-refractivity contribution in [2.24, 2.45) is 11.1 Å². The lowest BCUT2D eigenvalue weighted by atomic mass is 9.81.